The molecule has 3 rings (SSSR count). The maximum Gasteiger partial charge on any atom is 0.185 e. The van der Waals surface area contributed by atoms with Crippen LogP contribution < -0.4 is 0 Å². The molecule has 2 fully saturated rings. The quantitative estimate of drug-likeness (QED) is 0.668. The van der Waals surface area contributed by atoms with Crippen LogP contribution >= 0.6 is 0 Å². The molecule has 0 amide bonds. The lowest BCUT2D eigenvalue weighted by Gasteiger charge is -2.45. The average Bonchev–Trinajstić information content (AvgIpc) is 2.92. The maximum absolute atomic E-state index is 13.3. The Morgan fingerprint density at radius 2 is 2.00 bits per heavy atom. The third-order valence-electron chi connectivity index (χ3n) is 6.45. The summed E-state index contributed by atoms with van der Waals surface area (Å²) in [6.07, 6.45) is 2.54. The van der Waals surface area contributed by atoms with Crippen molar-refractivity contribution in [3.05, 3.63) is 48.0 Å². The van der Waals surface area contributed by atoms with Gasteiger partial charge in [-0.2, -0.15) is 0 Å². The summed E-state index contributed by atoms with van der Waals surface area (Å²) in [6, 6.07) is 10.00. The first-order chi connectivity index (χ1) is 10.8. The third-order valence-corrected chi connectivity index (χ3v) is 6.45. The highest BCUT2D eigenvalue weighted by Crippen LogP contribution is 2.71. The van der Waals surface area contributed by atoms with Gasteiger partial charge in [-0.15, -0.1) is 0 Å². The van der Waals surface area contributed by atoms with Crippen LogP contribution in [0.5, 0.6) is 0 Å². The standard InChI is InChI=1S/C20H26O3/c1-14-16-12-13-19(18(14,2)3,20(16,22)23-4)17(21)11-10-15-8-6-5-7-9-15/h5-9,16,22H,1,10-13H2,2-4H3/t16-,19+,20+/m0/s1. The van der Waals surface area contributed by atoms with Crippen molar-refractivity contribution in [2.45, 2.75) is 45.3 Å². The number of carbonyl (C=O) groups is 1. The van der Waals surface area contributed by atoms with Gasteiger partial charge in [0, 0.05) is 24.9 Å². The largest absolute Gasteiger partial charge is 0.364 e. The molecule has 0 radical (unpaired) electrons. The number of hydrogen-bond donors (Lipinski definition) is 1. The number of ketones is 1. The van der Waals surface area contributed by atoms with Crippen LogP contribution in [-0.2, 0) is 16.0 Å². The van der Waals surface area contributed by atoms with Crippen LogP contribution in [0.1, 0.15) is 38.7 Å². The van der Waals surface area contributed by atoms with Gasteiger partial charge in [0.05, 0.1) is 5.41 Å². The Balaban J connectivity index is 1.92. The molecule has 1 aromatic rings. The van der Waals surface area contributed by atoms with E-state index in [4.69, 9.17) is 4.74 Å². The molecule has 0 aliphatic heterocycles. The first kappa shape index (κ1) is 16.4. The number of methoxy groups -OCH3 is 1. The van der Waals surface area contributed by atoms with Crippen LogP contribution in [-0.4, -0.2) is 23.8 Å². The van der Waals surface area contributed by atoms with Crippen molar-refractivity contribution in [2.75, 3.05) is 7.11 Å². The van der Waals surface area contributed by atoms with Gasteiger partial charge in [0.15, 0.2) is 5.79 Å². The summed E-state index contributed by atoms with van der Waals surface area (Å²) in [5, 5.41) is 11.2. The smallest absolute Gasteiger partial charge is 0.185 e. The lowest BCUT2D eigenvalue weighted by molar-refractivity contribution is -0.252. The van der Waals surface area contributed by atoms with Gasteiger partial charge in [-0.25, -0.2) is 0 Å². The summed E-state index contributed by atoms with van der Waals surface area (Å²) in [5.74, 6) is -1.47. The van der Waals surface area contributed by atoms with Crippen molar-refractivity contribution in [3.63, 3.8) is 0 Å². The summed E-state index contributed by atoms with van der Waals surface area (Å²) < 4.78 is 5.54. The highest BCUT2D eigenvalue weighted by atomic mass is 16.6. The molecule has 1 N–H and O–H groups in total. The fourth-order valence-electron chi connectivity index (χ4n) is 5.03. The Kier molecular flexibility index (Phi) is 3.77. The summed E-state index contributed by atoms with van der Waals surface area (Å²) in [6.45, 7) is 8.24. The molecule has 3 nitrogen and oxygen atoms in total. The number of benzene rings is 1. The number of hydrogen-bond acceptors (Lipinski definition) is 3. The van der Waals surface area contributed by atoms with E-state index in [1.165, 1.54) is 7.11 Å². The Morgan fingerprint density at radius 1 is 1.35 bits per heavy atom. The third kappa shape index (κ3) is 1.93. The molecular formula is C20H26O3. The van der Waals surface area contributed by atoms with Crippen LogP contribution in [0.3, 0.4) is 0 Å². The number of carbonyl (C=O) groups excluding carboxylic acids is 1. The van der Waals surface area contributed by atoms with Crippen LogP contribution in [0.25, 0.3) is 0 Å². The molecule has 0 aromatic heterocycles. The number of ether oxygens (including phenoxy) is 1. The van der Waals surface area contributed by atoms with E-state index in [-0.39, 0.29) is 11.7 Å². The summed E-state index contributed by atoms with van der Waals surface area (Å²) in [7, 11) is 1.51. The van der Waals surface area contributed by atoms with Crippen LogP contribution in [0.15, 0.2) is 42.5 Å². The Morgan fingerprint density at radius 3 is 2.61 bits per heavy atom. The van der Waals surface area contributed by atoms with E-state index >= 15 is 0 Å². The Hall–Kier alpha value is -1.45. The highest BCUT2D eigenvalue weighted by molar-refractivity contribution is 5.89. The molecule has 0 heterocycles. The fourth-order valence-corrected chi connectivity index (χ4v) is 5.03. The predicted molar refractivity (Wildman–Crippen MR) is 89.8 cm³/mol. The first-order valence-electron chi connectivity index (χ1n) is 8.35. The zero-order chi connectivity index (χ0) is 16.9. The summed E-state index contributed by atoms with van der Waals surface area (Å²) in [5.41, 5.74) is 0.753. The van der Waals surface area contributed by atoms with Crippen molar-refractivity contribution in [3.8, 4) is 0 Å². The van der Waals surface area contributed by atoms with Crippen LogP contribution in [0.4, 0.5) is 0 Å². The number of fused-ring (bicyclic) bond motifs is 2. The zero-order valence-electron chi connectivity index (χ0n) is 14.3. The van der Waals surface area contributed by atoms with Crippen molar-refractivity contribution in [2.24, 2.45) is 16.7 Å². The lowest BCUT2D eigenvalue weighted by Crippen LogP contribution is -2.55. The van der Waals surface area contributed by atoms with Gasteiger partial charge < -0.3 is 9.84 Å². The second-order valence-corrected chi connectivity index (χ2v) is 7.46. The van der Waals surface area contributed by atoms with Crippen molar-refractivity contribution >= 4 is 5.78 Å². The Labute approximate surface area is 138 Å². The molecule has 2 aliphatic rings. The molecular weight excluding hydrogens is 288 g/mol. The van der Waals surface area contributed by atoms with E-state index < -0.39 is 16.6 Å². The van der Waals surface area contributed by atoms with Gasteiger partial charge >= 0.3 is 0 Å². The molecule has 0 saturated heterocycles. The lowest BCUT2D eigenvalue weighted by atomic mass is 9.59. The van der Waals surface area contributed by atoms with Gasteiger partial charge in [0.1, 0.15) is 5.78 Å². The second kappa shape index (κ2) is 5.29. The Bertz CT molecular complexity index is 634. The number of aryl methyl sites for hydroxylation is 1. The molecule has 2 saturated carbocycles. The number of rotatable bonds is 5. The van der Waals surface area contributed by atoms with Gasteiger partial charge in [-0.05, 0) is 24.8 Å². The summed E-state index contributed by atoms with van der Waals surface area (Å²) in [4.78, 5) is 13.3. The number of Topliss-reactive ketones (excluding diaryl/α,β-unsaturated/α-hetero) is 1. The topological polar surface area (TPSA) is 46.5 Å². The van der Waals surface area contributed by atoms with E-state index in [0.29, 0.717) is 19.3 Å². The van der Waals surface area contributed by atoms with Crippen molar-refractivity contribution < 1.29 is 14.6 Å². The minimum absolute atomic E-state index is 0.0943. The predicted octanol–water partition coefficient (Wildman–Crippen LogP) is 3.52. The second-order valence-electron chi connectivity index (χ2n) is 7.46. The minimum Gasteiger partial charge on any atom is -0.364 e. The molecule has 3 heteroatoms. The van der Waals surface area contributed by atoms with E-state index in [1.807, 2.05) is 44.2 Å². The molecule has 3 atom stereocenters. The van der Waals surface area contributed by atoms with Crippen LogP contribution in [0, 0.1) is 16.7 Å². The summed E-state index contributed by atoms with van der Waals surface area (Å²) >= 11 is 0. The van der Waals surface area contributed by atoms with E-state index in [9.17, 15) is 9.90 Å². The average molecular weight is 314 g/mol. The molecule has 124 valence electrons. The number of aliphatic hydroxyl groups is 1. The van der Waals surface area contributed by atoms with Gasteiger partial charge in [-0.3, -0.25) is 4.79 Å². The first-order valence-corrected chi connectivity index (χ1v) is 8.35. The SMILES string of the molecule is C=C1[C@@H]2CC[C@@](C(=O)CCc3ccccc3)(C1(C)C)[C@]2(O)OC. The van der Waals surface area contributed by atoms with E-state index in [2.05, 4.69) is 6.58 Å². The normalized spacial score (nSPS) is 34.8. The molecule has 2 bridgehead atoms. The molecule has 0 unspecified atom stereocenters. The monoisotopic (exact) mass is 314 g/mol. The molecule has 23 heavy (non-hydrogen) atoms. The molecule has 2 aliphatic carbocycles. The van der Waals surface area contributed by atoms with E-state index in [1.54, 1.807) is 0 Å². The molecule has 0 spiro atoms. The highest BCUT2D eigenvalue weighted by Gasteiger charge is 2.76. The fraction of sp³-hybridized carbons (Fsp3) is 0.550. The van der Waals surface area contributed by atoms with Crippen LogP contribution in [0.2, 0.25) is 0 Å². The van der Waals surface area contributed by atoms with Gasteiger partial charge in [-0.1, -0.05) is 56.3 Å². The zero-order valence-corrected chi connectivity index (χ0v) is 14.3. The van der Waals surface area contributed by atoms with E-state index in [0.717, 1.165) is 17.6 Å². The van der Waals surface area contributed by atoms with Gasteiger partial charge in [0.2, 0.25) is 0 Å². The maximum atomic E-state index is 13.3. The van der Waals surface area contributed by atoms with Crippen molar-refractivity contribution in [1.82, 2.24) is 0 Å². The van der Waals surface area contributed by atoms with Crippen molar-refractivity contribution in [1.29, 1.82) is 0 Å². The minimum atomic E-state index is -1.42. The van der Waals surface area contributed by atoms with Gasteiger partial charge in [0.25, 0.3) is 0 Å². The molecule has 1 aromatic carbocycles.